The van der Waals surface area contributed by atoms with Gasteiger partial charge in [0.2, 0.25) is 0 Å². The number of nitrogens with one attached hydrogen (secondary N) is 1. The van der Waals surface area contributed by atoms with Crippen LogP contribution in [0.5, 0.6) is 0 Å². The minimum atomic E-state index is -0.670. The number of nitriles is 1. The minimum absolute atomic E-state index is 0.129. The van der Waals surface area contributed by atoms with Gasteiger partial charge in [-0.15, -0.1) is 0 Å². The fourth-order valence-electron chi connectivity index (χ4n) is 2.78. The van der Waals surface area contributed by atoms with E-state index in [-0.39, 0.29) is 5.91 Å². The van der Waals surface area contributed by atoms with Crippen molar-refractivity contribution in [3.05, 3.63) is 35.4 Å². The van der Waals surface area contributed by atoms with E-state index < -0.39 is 5.54 Å². The summed E-state index contributed by atoms with van der Waals surface area (Å²) in [5.41, 5.74) is 1.18. The smallest absolute Gasteiger partial charge is 0.252 e. The van der Waals surface area contributed by atoms with Crippen molar-refractivity contribution in [2.24, 2.45) is 0 Å². The summed E-state index contributed by atoms with van der Waals surface area (Å²) in [5, 5.41) is 12.5. The number of aryl methyl sites for hydroxylation is 1. The average molecular weight is 270 g/mol. The van der Waals surface area contributed by atoms with Crippen LogP contribution >= 0.6 is 0 Å². The van der Waals surface area contributed by atoms with Crippen LogP contribution in [0.2, 0.25) is 0 Å². The molecule has 0 saturated heterocycles. The number of hydrogen-bond donors (Lipinski definition) is 1. The van der Waals surface area contributed by atoms with E-state index in [2.05, 4.69) is 18.3 Å². The number of carbonyl (C=O) groups is 1. The fraction of sp³-hybridized carbons (Fsp3) is 0.529. The molecule has 1 N–H and O–H groups in total. The molecule has 1 fully saturated rings. The van der Waals surface area contributed by atoms with Crippen molar-refractivity contribution < 1.29 is 4.79 Å². The predicted octanol–water partition coefficient (Wildman–Crippen LogP) is 3.60. The zero-order valence-corrected chi connectivity index (χ0v) is 12.1. The Morgan fingerprint density at radius 3 is 2.30 bits per heavy atom. The first-order chi connectivity index (χ1) is 9.69. The first-order valence-electron chi connectivity index (χ1n) is 7.52. The maximum atomic E-state index is 12.3. The van der Waals surface area contributed by atoms with Crippen LogP contribution in [0.3, 0.4) is 0 Å². The molecule has 1 aromatic carbocycles. The van der Waals surface area contributed by atoms with Gasteiger partial charge in [-0.3, -0.25) is 4.79 Å². The molecule has 3 nitrogen and oxygen atoms in total. The van der Waals surface area contributed by atoms with Crippen LogP contribution in [0.15, 0.2) is 24.3 Å². The third-order valence-corrected chi connectivity index (χ3v) is 4.15. The average Bonchev–Trinajstić information content (AvgIpc) is 2.73. The molecule has 1 aromatic rings. The Bertz CT molecular complexity index is 491. The molecule has 0 unspecified atom stereocenters. The number of amides is 1. The summed E-state index contributed by atoms with van der Waals surface area (Å²) in [7, 11) is 0. The van der Waals surface area contributed by atoms with Crippen molar-refractivity contribution in [3.8, 4) is 6.07 Å². The molecular formula is C17H22N2O. The first kappa shape index (κ1) is 14.6. The largest absolute Gasteiger partial charge is 0.334 e. The molecule has 1 aliphatic carbocycles. The van der Waals surface area contributed by atoms with Gasteiger partial charge in [0, 0.05) is 5.56 Å². The van der Waals surface area contributed by atoms with Gasteiger partial charge < -0.3 is 5.32 Å². The lowest BCUT2D eigenvalue weighted by molar-refractivity contribution is 0.0913. The summed E-state index contributed by atoms with van der Waals surface area (Å²) < 4.78 is 0. The van der Waals surface area contributed by atoms with Crippen LogP contribution in [0.4, 0.5) is 0 Å². The Morgan fingerprint density at radius 1 is 1.20 bits per heavy atom. The van der Waals surface area contributed by atoms with E-state index in [1.807, 2.05) is 24.3 Å². The van der Waals surface area contributed by atoms with Crippen LogP contribution in [-0.2, 0) is 6.42 Å². The maximum absolute atomic E-state index is 12.3. The highest BCUT2D eigenvalue weighted by Gasteiger charge is 2.32. The number of nitrogens with zero attached hydrogens (tertiary/aromatic N) is 1. The molecule has 1 saturated carbocycles. The molecule has 0 bridgehead atoms. The number of rotatable bonds is 3. The standard InChI is InChI=1S/C17H22N2O/c1-2-14-7-9-15(10-8-14)16(20)19-17(13-18)11-5-3-4-6-12-17/h7-10H,2-6,11-12H2,1H3,(H,19,20). The molecule has 2 rings (SSSR count). The summed E-state index contributed by atoms with van der Waals surface area (Å²) in [5.74, 6) is -0.129. The second kappa shape index (κ2) is 6.56. The van der Waals surface area contributed by atoms with E-state index in [0.717, 1.165) is 44.9 Å². The Balaban J connectivity index is 2.10. The normalized spacial score (nSPS) is 17.8. The van der Waals surface area contributed by atoms with Gasteiger partial charge in [-0.05, 0) is 37.0 Å². The van der Waals surface area contributed by atoms with E-state index in [0.29, 0.717) is 5.56 Å². The number of benzene rings is 1. The highest BCUT2D eigenvalue weighted by Crippen LogP contribution is 2.27. The van der Waals surface area contributed by atoms with E-state index in [1.165, 1.54) is 5.56 Å². The Hall–Kier alpha value is -1.82. The molecule has 20 heavy (non-hydrogen) atoms. The summed E-state index contributed by atoms with van der Waals surface area (Å²) in [6.45, 7) is 2.09. The third-order valence-electron chi connectivity index (χ3n) is 4.15. The Morgan fingerprint density at radius 2 is 1.80 bits per heavy atom. The molecule has 106 valence electrons. The quantitative estimate of drug-likeness (QED) is 0.853. The van der Waals surface area contributed by atoms with Crippen molar-refractivity contribution in [1.29, 1.82) is 5.26 Å². The van der Waals surface area contributed by atoms with Gasteiger partial charge in [0.1, 0.15) is 5.54 Å². The number of hydrogen-bond acceptors (Lipinski definition) is 2. The summed E-state index contributed by atoms with van der Waals surface area (Å²) in [6.07, 6.45) is 6.84. The fourth-order valence-corrected chi connectivity index (χ4v) is 2.78. The molecular weight excluding hydrogens is 248 g/mol. The van der Waals surface area contributed by atoms with Gasteiger partial charge in [0.05, 0.1) is 6.07 Å². The molecule has 0 atom stereocenters. The van der Waals surface area contributed by atoms with Crippen molar-refractivity contribution in [3.63, 3.8) is 0 Å². The molecule has 0 aromatic heterocycles. The zero-order valence-electron chi connectivity index (χ0n) is 12.1. The Kier molecular flexibility index (Phi) is 4.79. The SMILES string of the molecule is CCc1ccc(C(=O)NC2(C#N)CCCCCC2)cc1. The van der Waals surface area contributed by atoms with Crippen LogP contribution < -0.4 is 5.32 Å². The summed E-state index contributed by atoms with van der Waals surface area (Å²) >= 11 is 0. The minimum Gasteiger partial charge on any atom is -0.334 e. The second-order valence-corrected chi connectivity index (χ2v) is 5.61. The topological polar surface area (TPSA) is 52.9 Å². The van der Waals surface area contributed by atoms with E-state index in [4.69, 9.17) is 0 Å². The molecule has 3 heteroatoms. The van der Waals surface area contributed by atoms with E-state index in [1.54, 1.807) is 0 Å². The van der Waals surface area contributed by atoms with Gasteiger partial charge in [0.25, 0.3) is 5.91 Å². The summed E-state index contributed by atoms with van der Waals surface area (Å²) in [6, 6.07) is 9.98. The van der Waals surface area contributed by atoms with Crippen molar-refractivity contribution in [2.75, 3.05) is 0 Å². The lowest BCUT2D eigenvalue weighted by Crippen LogP contribution is -2.47. The van der Waals surface area contributed by atoms with Gasteiger partial charge >= 0.3 is 0 Å². The van der Waals surface area contributed by atoms with Gasteiger partial charge in [0.15, 0.2) is 0 Å². The van der Waals surface area contributed by atoms with Crippen LogP contribution in [0.1, 0.15) is 61.4 Å². The molecule has 0 aliphatic heterocycles. The molecule has 0 spiro atoms. The highest BCUT2D eigenvalue weighted by atomic mass is 16.1. The predicted molar refractivity (Wildman–Crippen MR) is 79.3 cm³/mol. The molecule has 1 amide bonds. The van der Waals surface area contributed by atoms with Crippen molar-refractivity contribution in [2.45, 2.75) is 57.4 Å². The van der Waals surface area contributed by atoms with E-state index >= 15 is 0 Å². The Labute approximate surface area is 121 Å². The van der Waals surface area contributed by atoms with E-state index in [9.17, 15) is 10.1 Å². The lowest BCUT2D eigenvalue weighted by atomic mass is 9.91. The lowest BCUT2D eigenvalue weighted by Gasteiger charge is -2.26. The zero-order chi connectivity index (χ0) is 14.4. The summed E-state index contributed by atoms with van der Waals surface area (Å²) in [4.78, 5) is 12.3. The molecule has 0 heterocycles. The van der Waals surface area contributed by atoms with Crippen molar-refractivity contribution >= 4 is 5.91 Å². The maximum Gasteiger partial charge on any atom is 0.252 e. The highest BCUT2D eigenvalue weighted by molar-refractivity contribution is 5.95. The third kappa shape index (κ3) is 3.39. The van der Waals surface area contributed by atoms with Crippen LogP contribution in [0.25, 0.3) is 0 Å². The molecule has 0 radical (unpaired) electrons. The number of carbonyl (C=O) groups excluding carboxylic acids is 1. The van der Waals surface area contributed by atoms with Gasteiger partial charge in [-0.2, -0.15) is 5.26 Å². The van der Waals surface area contributed by atoms with Crippen LogP contribution in [-0.4, -0.2) is 11.4 Å². The van der Waals surface area contributed by atoms with Gasteiger partial charge in [-0.1, -0.05) is 44.7 Å². The first-order valence-corrected chi connectivity index (χ1v) is 7.52. The van der Waals surface area contributed by atoms with Crippen molar-refractivity contribution in [1.82, 2.24) is 5.32 Å². The monoisotopic (exact) mass is 270 g/mol. The van der Waals surface area contributed by atoms with Gasteiger partial charge in [-0.25, -0.2) is 0 Å². The second-order valence-electron chi connectivity index (χ2n) is 5.61. The van der Waals surface area contributed by atoms with Crippen LogP contribution in [0, 0.1) is 11.3 Å². The molecule has 1 aliphatic rings.